The molecule has 0 saturated heterocycles. The summed E-state index contributed by atoms with van der Waals surface area (Å²) < 4.78 is 0. The number of hydrogen-bond acceptors (Lipinski definition) is 8. The lowest BCUT2D eigenvalue weighted by Crippen LogP contribution is -2.56. The van der Waals surface area contributed by atoms with Crippen LogP contribution < -0.4 is 16.0 Å². The van der Waals surface area contributed by atoms with Crippen LogP contribution in [0.5, 0.6) is 0 Å². The number of nitrogens with zero attached hydrogens (tertiary/aromatic N) is 1. The van der Waals surface area contributed by atoms with Crippen molar-refractivity contribution in [2.45, 2.75) is 43.6 Å². The number of aromatic nitrogens is 1. The van der Waals surface area contributed by atoms with E-state index in [1.165, 1.54) is 16.9 Å². The van der Waals surface area contributed by atoms with Gasteiger partial charge in [-0.1, -0.05) is 73.7 Å². The molecule has 238 valence electrons. The molecule has 0 bridgehead atoms. The smallest absolute Gasteiger partial charge is 0.251 e. The van der Waals surface area contributed by atoms with Crippen molar-refractivity contribution >= 4 is 58.4 Å². The molecule has 11 heteroatoms. The minimum Gasteiger partial charge on any atom is -0.343 e. The first-order valence-corrected chi connectivity index (χ1v) is 18.4. The fourth-order valence-electron chi connectivity index (χ4n) is 5.17. The molecule has 0 radical (unpaired) electrons. The van der Waals surface area contributed by atoms with E-state index in [1.807, 2.05) is 30.3 Å². The number of Topliss-reactive ketones (excluding diaryl/α,β-unsaturated/α-hetero) is 1. The zero-order valence-corrected chi connectivity index (χ0v) is 27.9. The summed E-state index contributed by atoms with van der Waals surface area (Å²) in [7, 11) is 0. The van der Waals surface area contributed by atoms with Crippen molar-refractivity contribution in [1.29, 1.82) is 0 Å². The highest BCUT2D eigenvalue weighted by Crippen LogP contribution is 2.31. The van der Waals surface area contributed by atoms with Crippen LogP contribution >= 0.6 is 34.9 Å². The zero-order chi connectivity index (χ0) is 32.3. The van der Waals surface area contributed by atoms with Gasteiger partial charge < -0.3 is 16.0 Å². The molecule has 2 heterocycles. The van der Waals surface area contributed by atoms with Gasteiger partial charge in [-0.3, -0.25) is 19.2 Å². The Labute approximate surface area is 281 Å². The minimum absolute atomic E-state index is 0.259. The zero-order valence-electron chi connectivity index (χ0n) is 25.4. The summed E-state index contributed by atoms with van der Waals surface area (Å²) in [5.74, 6) is 0.486. The summed E-state index contributed by atoms with van der Waals surface area (Å²) in [5, 5.41) is 10.7. The average molecular weight is 673 g/mol. The molecule has 5 rings (SSSR count). The summed E-state index contributed by atoms with van der Waals surface area (Å²) in [6, 6.07) is 22.7. The van der Waals surface area contributed by atoms with Crippen LogP contribution in [-0.4, -0.2) is 63.9 Å². The fourth-order valence-corrected chi connectivity index (χ4v) is 7.86. The molecule has 3 N–H and O–H groups in total. The molecule has 8 nitrogen and oxygen atoms in total. The fraction of sp³-hybridized carbons (Fsp3) is 0.286. The SMILES string of the molecule is CC[C@@H]1NC(=O)[C@@H](NC(=O)c2ccccc2)CSCc2ccccc2-c2ccccc2CCSC[C@@H](C(=O)c2nccs2)NC1=O. The Morgan fingerprint density at radius 1 is 0.848 bits per heavy atom. The monoisotopic (exact) mass is 672 g/mol. The molecule has 1 aromatic heterocycles. The highest BCUT2D eigenvalue weighted by Gasteiger charge is 2.30. The van der Waals surface area contributed by atoms with E-state index >= 15 is 0 Å². The molecule has 0 spiro atoms. The number of carbonyl (C=O) groups excluding carboxylic acids is 4. The van der Waals surface area contributed by atoms with Gasteiger partial charge in [0.1, 0.15) is 18.1 Å². The van der Waals surface area contributed by atoms with Gasteiger partial charge in [0.2, 0.25) is 17.6 Å². The number of carbonyl (C=O) groups is 4. The van der Waals surface area contributed by atoms with E-state index in [1.54, 1.807) is 66.3 Å². The second-order valence-corrected chi connectivity index (χ2v) is 13.9. The Bertz CT molecular complexity index is 1650. The van der Waals surface area contributed by atoms with Crippen LogP contribution in [0.2, 0.25) is 0 Å². The van der Waals surface area contributed by atoms with E-state index in [2.05, 4.69) is 45.2 Å². The number of rotatable bonds is 5. The van der Waals surface area contributed by atoms with E-state index in [-0.39, 0.29) is 11.7 Å². The maximum atomic E-state index is 13.7. The molecule has 1 aliphatic rings. The summed E-state index contributed by atoms with van der Waals surface area (Å²) in [4.78, 5) is 58.0. The van der Waals surface area contributed by atoms with Crippen molar-refractivity contribution in [3.8, 4) is 11.1 Å². The minimum atomic E-state index is -0.902. The van der Waals surface area contributed by atoms with Crippen molar-refractivity contribution in [2.24, 2.45) is 0 Å². The maximum Gasteiger partial charge on any atom is 0.251 e. The molecule has 0 aliphatic carbocycles. The molecule has 3 aromatic carbocycles. The van der Waals surface area contributed by atoms with E-state index in [4.69, 9.17) is 0 Å². The standard InChI is InChI=1S/C35H36N4O4S3/c1-2-28-33(42)38-29(31(40)35-36-17-19-46-35)21-44-18-16-23-10-6-8-14-26(23)27-15-9-7-13-25(27)20-45-22-30(34(43)37-28)39-32(41)24-11-4-3-5-12-24/h3-15,17,19,28-30H,2,16,18,20-22H2,1H3,(H,37,43)(H,38,42)(H,39,41)/t28-,29-,30-/m0/s1. The molecule has 3 amide bonds. The first-order valence-electron chi connectivity index (χ1n) is 15.2. The summed E-state index contributed by atoms with van der Waals surface area (Å²) in [6.45, 7) is 1.80. The number of nitrogens with one attached hydrogen (secondary N) is 3. The molecule has 0 fully saturated rings. The molecule has 0 saturated carbocycles. The van der Waals surface area contributed by atoms with Gasteiger partial charge in [-0.2, -0.15) is 23.5 Å². The van der Waals surface area contributed by atoms with Crippen LogP contribution in [0.15, 0.2) is 90.4 Å². The van der Waals surface area contributed by atoms with Crippen LogP contribution in [0, 0.1) is 0 Å². The first-order chi connectivity index (χ1) is 22.4. The van der Waals surface area contributed by atoms with Crippen molar-refractivity contribution in [3.63, 3.8) is 0 Å². The Kier molecular flexibility index (Phi) is 12.0. The quantitative estimate of drug-likeness (QED) is 0.244. The normalized spacial score (nSPS) is 19.7. The molecule has 4 aromatic rings. The molecule has 0 unspecified atom stereocenters. The lowest BCUT2D eigenvalue weighted by atomic mass is 9.95. The highest BCUT2D eigenvalue weighted by molar-refractivity contribution is 7.99. The van der Waals surface area contributed by atoms with E-state index in [0.717, 1.165) is 28.9 Å². The lowest BCUT2D eigenvalue weighted by Gasteiger charge is -2.25. The molecular weight excluding hydrogens is 637 g/mol. The second-order valence-electron chi connectivity index (χ2n) is 10.8. The van der Waals surface area contributed by atoms with Gasteiger partial charge in [0.15, 0.2) is 5.01 Å². The second kappa shape index (κ2) is 16.6. The molecule has 46 heavy (non-hydrogen) atoms. The Hall–Kier alpha value is -3.93. The Balaban J connectivity index is 1.46. The number of thioether (sulfide) groups is 2. The maximum absolute atomic E-state index is 13.7. The van der Waals surface area contributed by atoms with Gasteiger partial charge >= 0.3 is 0 Å². The van der Waals surface area contributed by atoms with E-state index in [9.17, 15) is 19.2 Å². The highest BCUT2D eigenvalue weighted by atomic mass is 32.2. The summed E-state index contributed by atoms with van der Waals surface area (Å²) in [5.41, 5.74) is 5.02. The van der Waals surface area contributed by atoms with Crippen LogP contribution in [-0.2, 0) is 21.8 Å². The van der Waals surface area contributed by atoms with Crippen molar-refractivity contribution in [1.82, 2.24) is 20.9 Å². The third-order valence-electron chi connectivity index (χ3n) is 7.64. The summed E-state index contributed by atoms with van der Waals surface area (Å²) >= 11 is 4.37. The molecule has 3 atom stereocenters. The number of amides is 3. The van der Waals surface area contributed by atoms with Crippen molar-refractivity contribution in [3.05, 3.63) is 112 Å². The van der Waals surface area contributed by atoms with Gasteiger partial charge in [-0.15, -0.1) is 11.3 Å². The van der Waals surface area contributed by atoms with Crippen LogP contribution in [0.4, 0.5) is 0 Å². The van der Waals surface area contributed by atoms with Gasteiger partial charge in [0, 0.05) is 34.4 Å². The summed E-state index contributed by atoms with van der Waals surface area (Å²) in [6.07, 6.45) is 2.66. The first kappa shape index (κ1) is 33.4. The average Bonchev–Trinajstić information content (AvgIpc) is 3.63. The van der Waals surface area contributed by atoms with Crippen molar-refractivity contribution in [2.75, 3.05) is 17.3 Å². The number of fused-ring (bicyclic) bond motifs is 3. The van der Waals surface area contributed by atoms with Gasteiger partial charge in [0.25, 0.3) is 5.91 Å². The lowest BCUT2D eigenvalue weighted by molar-refractivity contribution is -0.129. The van der Waals surface area contributed by atoms with Crippen LogP contribution in [0.25, 0.3) is 11.1 Å². The predicted molar refractivity (Wildman–Crippen MR) is 187 cm³/mol. The van der Waals surface area contributed by atoms with E-state index < -0.39 is 29.9 Å². The number of aryl methyl sites for hydroxylation is 1. The van der Waals surface area contributed by atoms with Gasteiger partial charge in [-0.05, 0) is 53.0 Å². The molecule has 1 aliphatic heterocycles. The third kappa shape index (κ3) is 8.65. The Morgan fingerprint density at radius 3 is 2.26 bits per heavy atom. The van der Waals surface area contributed by atoms with Crippen LogP contribution in [0.3, 0.4) is 0 Å². The van der Waals surface area contributed by atoms with Crippen molar-refractivity contribution < 1.29 is 19.2 Å². The molecular formula is C35H36N4O4S3. The van der Waals surface area contributed by atoms with E-state index in [0.29, 0.717) is 34.3 Å². The number of benzene rings is 3. The topological polar surface area (TPSA) is 117 Å². The predicted octanol–water partition coefficient (Wildman–Crippen LogP) is 5.39. The Morgan fingerprint density at radius 2 is 1.54 bits per heavy atom. The third-order valence-corrected chi connectivity index (χ3v) is 10.6. The van der Waals surface area contributed by atoms with Gasteiger partial charge in [0.05, 0.1) is 0 Å². The van der Waals surface area contributed by atoms with Crippen LogP contribution in [0.1, 0.15) is 44.6 Å². The van der Waals surface area contributed by atoms with Gasteiger partial charge in [-0.25, -0.2) is 4.98 Å². The number of hydrogen-bond donors (Lipinski definition) is 3. The largest absolute Gasteiger partial charge is 0.343 e. The number of ketones is 1. The number of thiazole rings is 1.